The molecule has 9 nitrogen and oxygen atoms in total. The van der Waals surface area contributed by atoms with Crippen molar-refractivity contribution in [2.45, 2.75) is 0 Å². The molecule has 0 bridgehead atoms. The van der Waals surface area contributed by atoms with Crippen molar-refractivity contribution in [3.05, 3.63) is 55.6 Å². The molecule has 0 radical (unpaired) electrons. The molecule has 9 heteroatoms. The summed E-state index contributed by atoms with van der Waals surface area (Å²) < 4.78 is 4.36. The minimum Gasteiger partial charge on any atom is -0.385 e. The summed E-state index contributed by atoms with van der Waals surface area (Å²) >= 11 is 0. The molecule has 0 amide bonds. The van der Waals surface area contributed by atoms with Gasteiger partial charge in [-0.2, -0.15) is 0 Å². The molecule has 104 valence electrons. The first-order chi connectivity index (χ1) is 9.91. The maximum Gasteiger partial charge on any atom is 0.353 e. The Morgan fingerprint density at radius 2 is 1.52 bits per heavy atom. The van der Waals surface area contributed by atoms with Crippen LogP contribution in [0.25, 0.3) is 10.8 Å². The number of esters is 2. The van der Waals surface area contributed by atoms with Crippen molar-refractivity contribution in [3.8, 4) is 0 Å². The number of nitrogens with zero attached hydrogens (tertiary/aromatic N) is 2. The monoisotopic (exact) mass is 288 g/mol. The zero-order valence-electron chi connectivity index (χ0n) is 10.1. The number of ether oxygens (including phenoxy) is 1. The van der Waals surface area contributed by atoms with Crippen molar-refractivity contribution in [1.29, 1.82) is 0 Å². The summed E-state index contributed by atoms with van der Waals surface area (Å²) in [4.78, 5) is 43.9. The Morgan fingerprint density at radius 3 is 2.14 bits per heavy atom. The van der Waals surface area contributed by atoms with Crippen LogP contribution in [-0.4, -0.2) is 21.8 Å². The average Bonchev–Trinajstić information content (AvgIpc) is 2.72. The fraction of sp³-hybridized carbons (Fsp3) is 0. The van der Waals surface area contributed by atoms with Gasteiger partial charge in [0.25, 0.3) is 11.4 Å². The van der Waals surface area contributed by atoms with Crippen LogP contribution in [0.5, 0.6) is 0 Å². The summed E-state index contributed by atoms with van der Waals surface area (Å²) in [7, 11) is 0. The number of non-ortho nitro benzene ring substituents is 1. The Kier molecular flexibility index (Phi) is 2.45. The Hall–Kier alpha value is -3.36. The van der Waals surface area contributed by atoms with Crippen LogP contribution in [0.15, 0.2) is 24.3 Å². The minimum absolute atomic E-state index is 0.112. The van der Waals surface area contributed by atoms with Gasteiger partial charge in [0.15, 0.2) is 5.56 Å². The largest absolute Gasteiger partial charge is 0.385 e. The average molecular weight is 288 g/mol. The highest BCUT2D eigenvalue weighted by atomic mass is 16.6. The molecule has 0 N–H and O–H groups in total. The number of cyclic esters (lactones) is 2. The molecule has 0 saturated heterocycles. The van der Waals surface area contributed by atoms with Crippen molar-refractivity contribution in [2.75, 3.05) is 0 Å². The molecule has 0 aliphatic carbocycles. The lowest BCUT2D eigenvalue weighted by molar-refractivity contribution is -0.385. The van der Waals surface area contributed by atoms with Gasteiger partial charge in [-0.15, -0.1) is 0 Å². The highest BCUT2D eigenvalue weighted by Gasteiger charge is 2.41. The third-order valence-corrected chi connectivity index (χ3v) is 3.11. The molecule has 0 spiro atoms. The lowest BCUT2D eigenvalue weighted by Gasteiger charge is -2.03. The van der Waals surface area contributed by atoms with Crippen LogP contribution < -0.4 is 0 Å². The van der Waals surface area contributed by atoms with Gasteiger partial charge in [-0.3, -0.25) is 20.2 Å². The predicted octanol–water partition coefficient (Wildman–Crippen LogP) is 1.97. The fourth-order valence-corrected chi connectivity index (χ4v) is 2.32. The third-order valence-electron chi connectivity index (χ3n) is 3.11. The van der Waals surface area contributed by atoms with Crippen LogP contribution in [-0.2, 0) is 4.74 Å². The summed E-state index contributed by atoms with van der Waals surface area (Å²) in [6.45, 7) is 0. The van der Waals surface area contributed by atoms with Crippen molar-refractivity contribution in [3.63, 3.8) is 0 Å². The summed E-state index contributed by atoms with van der Waals surface area (Å²) in [5.41, 5.74) is -2.03. The van der Waals surface area contributed by atoms with Crippen molar-refractivity contribution < 1.29 is 24.2 Å². The van der Waals surface area contributed by atoms with Gasteiger partial charge in [-0.1, -0.05) is 12.1 Å². The van der Waals surface area contributed by atoms with E-state index >= 15 is 0 Å². The molecule has 21 heavy (non-hydrogen) atoms. The number of benzene rings is 2. The van der Waals surface area contributed by atoms with Gasteiger partial charge < -0.3 is 4.74 Å². The molecule has 1 aliphatic heterocycles. The molecule has 3 rings (SSSR count). The van der Waals surface area contributed by atoms with Crippen LogP contribution in [0, 0.1) is 20.2 Å². The Labute approximate surface area is 115 Å². The number of nitro benzene ring substituents is 2. The topological polar surface area (TPSA) is 130 Å². The quantitative estimate of drug-likeness (QED) is 0.357. The Morgan fingerprint density at radius 1 is 0.905 bits per heavy atom. The molecule has 1 heterocycles. The number of carbonyl (C=O) groups excluding carboxylic acids is 2. The van der Waals surface area contributed by atoms with Crippen LogP contribution in [0.3, 0.4) is 0 Å². The van der Waals surface area contributed by atoms with E-state index < -0.39 is 44.3 Å². The second-order valence-corrected chi connectivity index (χ2v) is 4.21. The van der Waals surface area contributed by atoms with Gasteiger partial charge in [0.2, 0.25) is 0 Å². The van der Waals surface area contributed by atoms with Crippen molar-refractivity contribution >= 4 is 34.1 Å². The number of hydrogen-bond donors (Lipinski definition) is 0. The number of fused-ring (bicyclic) bond motifs is 3. The minimum atomic E-state index is -1.18. The number of hydrogen-bond acceptors (Lipinski definition) is 7. The zero-order chi connectivity index (χ0) is 15.3. The first-order valence-corrected chi connectivity index (χ1v) is 5.57. The molecular formula is C12H4N2O7. The molecular weight excluding hydrogens is 284 g/mol. The Balaban J connectivity index is 2.58. The van der Waals surface area contributed by atoms with E-state index in [-0.39, 0.29) is 10.8 Å². The summed E-state index contributed by atoms with van der Waals surface area (Å²) in [5, 5.41) is 22.1. The Bertz CT molecular complexity index is 872. The van der Waals surface area contributed by atoms with Gasteiger partial charge in [0, 0.05) is 12.1 Å². The first kappa shape index (κ1) is 12.7. The number of carbonyl (C=O) groups is 2. The third kappa shape index (κ3) is 1.64. The molecule has 0 saturated carbocycles. The molecule has 0 fully saturated rings. The summed E-state index contributed by atoms with van der Waals surface area (Å²) in [6.07, 6.45) is 0. The molecule has 0 atom stereocenters. The standard InChI is InChI=1S/C12H4N2O7/c15-11-9-7(14(19)20)4-5-2-1-3-6(13(17)18)8(5)10(9)12(16)21-11/h1-4H. The lowest BCUT2D eigenvalue weighted by Crippen LogP contribution is -2.02. The van der Waals surface area contributed by atoms with Crippen molar-refractivity contribution in [2.24, 2.45) is 0 Å². The number of rotatable bonds is 2. The van der Waals surface area contributed by atoms with Crippen molar-refractivity contribution in [1.82, 2.24) is 0 Å². The highest BCUT2D eigenvalue weighted by molar-refractivity contribution is 6.24. The maximum atomic E-state index is 11.8. The van der Waals surface area contributed by atoms with Crippen LogP contribution >= 0.6 is 0 Å². The molecule has 2 aromatic carbocycles. The van der Waals surface area contributed by atoms with E-state index in [2.05, 4.69) is 4.74 Å². The van der Waals surface area contributed by atoms with Gasteiger partial charge in [0.05, 0.1) is 20.8 Å². The van der Waals surface area contributed by atoms with Gasteiger partial charge in [-0.05, 0) is 5.39 Å². The molecule has 0 unspecified atom stereocenters. The lowest BCUT2D eigenvalue weighted by atomic mass is 9.97. The highest BCUT2D eigenvalue weighted by Crippen LogP contribution is 2.39. The van der Waals surface area contributed by atoms with E-state index in [9.17, 15) is 29.8 Å². The second kappa shape index (κ2) is 4.07. The van der Waals surface area contributed by atoms with Crippen LogP contribution in [0.1, 0.15) is 20.7 Å². The van der Waals surface area contributed by atoms with E-state index in [1.807, 2.05) is 0 Å². The van der Waals surface area contributed by atoms with E-state index in [4.69, 9.17) is 0 Å². The molecule has 1 aliphatic rings. The van der Waals surface area contributed by atoms with Gasteiger partial charge in [-0.25, -0.2) is 9.59 Å². The number of nitro groups is 2. The summed E-state index contributed by atoms with van der Waals surface area (Å²) in [6, 6.07) is 4.87. The summed E-state index contributed by atoms with van der Waals surface area (Å²) in [5.74, 6) is -2.31. The predicted molar refractivity (Wildman–Crippen MR) is 67.0 cm³/mol. The van der Waals surface area contributed by atoms with E-state index in [0.29, 0.717) is 0 Å². The molecule has 2 aromatic rings. The van der Waals surface area contributed by atoms with Crippen LogP contribution in [0.4, 0.5) is 11.4 Å². The fourth-order valence-electron chi connectivity index (χ4n) is 2.32. The first-order valence-electron chi connectivity index (χ1n) is 5.57. The normalized spacial score (nSPS) is 13.1. The zero-order valence-corrected chi connectivity index (χ0v) is 10.1. The second-order valence-electron chi connectivity index (χ2n) is 4.21. The smallest absolute Gasteiger partial charge is 0.353 e. The van der Waals surface area contributed by atoms with Gasteiger partial charge in [0.1, 0.15) is 0 Å². The maximum absolute atomic E-state index is 11.8. The molecule has 0 aromatic heterocycles. The SMILES string of the molecule is O=C1OC(=O)c2c1c([N+](=O)[O-])cc1cccc([N+](=O)[O-])c21. The van der Waals surface area contributed by atoms with E-state index in [1.54, 1.807) is 0 Å². The van der Waals surface area contributed by atoms with E-state index in [1.165, 1.54) is 12.1 Å². The van der Waals surface area contributed by atoms with Gasteiger partial charge >= 0.3 is 11.9 Å². The van der Waals surface area contributed by atoms with E-state index in [0.717, 1.165) is 12.1 Å². The van der Waals surface area contributed by atoms with Crippen LogP contribution in [0.2, 0.25) is 0 Å².